The average molecular weight is 442 g/mol. The maximum absolute atomic E-state index is 4.73. The van der Waals surface area contributed by atoms with Crippen molar-refractivity contribution in [2.45, 2.75) is 6.54 Å². The van der Waals surface area contributed by atoms with Gasteiger partial charge in [0.1, 0.15) is 0 Å². The number of fused-ring (bicyclic) bond motifs is 2. The molecule has 160 valence electrons. The Morgan fingerprint density at radius 2 is 1.94 bits per heavy atom. The van der Waals surface area contributed by atoms with Crippen molar-refractivity contribution >= 4 is 51.4 Å². The van der Waals surface area contributed by atoms with Crippen molar-refractivity contribution in [1.82, 2.24) is 19.6 Å². The second-order valence-electron chi connectivity index (χ2n) is 7.35. The Morgan fingerprint density at radius 3 is 2.84 bits per heavy atom. The van der Waals surface area contributed by atoms with Crippen LogP contribution >= 0.6 is 11.9 Å². The largest absolute Gasteiger partial charge is 0.378 e. The second kappa shape index (κ2) is 8.76. The SMILES string of the molecule is CSN(C)c1ccccc1CNc1cccn2nc(Nc3ccc4cnccc4c3)nc12. The average Bonchev–Trinajstić information content (AvgIpc) is 3.25. The summed E-state index contributed by atoms with van der Waals surface area (Å²) in [6, 6.07) is 20.5. The zero-order valence-electron chi connectivity index (χ0n) is 17.9. The van der Waals surface area contributed by atoms with Gasteiger partial charge in [-0.15, -0.1) is 5.10 Å². The predicted molar refractivity (Wildman–Crippen MR) is 134 cm³/mol. The van der Waals surface area contributed by atoms with Gasteiger partial charge in [0, 0.05) is 49.5 Å². The third-order valence-corrected chi connectivity index (χ3v) is 6.08. The first-order chi connectivity index (χ1) is 15.7. The molecule has 0 aliphatic heterocycles. The molecule has 0 saturated carbocycles. The van der Waals surface area contributed by atoms with Crippen LogP contribution in [0, 0.1) is 0 Å². The molecule has 3 heterocycles. The smallest absolute Gasteiger partial charge is 0.247 e. The molecule has 0 atom stereocenters. The first kappa shape index (κ1) is 20.1. The Hall–Kier alpha value is -3.78. The summed E-state index contributed by atoms with van der Waals surface area (Å²) in [5.41, 5.74) is 5.04. The molecule has 0 spiro atoms. The van der Waals surface area contributed by atoms with Gasteiger partial charge in [-0.1, -0.05) is 36.2 Å². The van der Waals surface area contributed by atoms with Crippen LogP contribution in [0.2, 0.25) is 0 Å². The third kappa shape index (κ3) is 4.04. The molecule has 0 aliphatic rings. The molecule has 0 amide bonds. The van der Waals surface area contributed by atoms with Crippen LogP contribution in [0.15, 0.2) is 79.3 Å². The minimum absolute atomic E-state index is 0.551. The van der Waals surface area contributed by atoms with Gasteiger partial charge in [0.25, 0.3) is 0 Å². The predicted octanol–water partition coefficient (Wildman–Crippen LogP) is 5.35. The van der Waals surface area contributed by atoms with Crippen molar-refractivity contribution in [2.75, 3.05) is 28.2 Å². The highest BCUT2D eigenvalue weighted by Crippen LogP contribution is 2.26. The van der Waals surface area contributed by atoms with Crippen LogP contribution in [-0.4, -0.2) is 32.9 Å². The van der Waals surface area contributed by atoms with Crippen LogP contribution in [0.4, 0.5) is 23.0 Å². The lowest BCUT2D eigenvalue weighted by atomic mass is 10.1. The maximum atomic E-state index is 4.73. The fraction of sp³-hybridized carbons (Fsp3) is 0.125. The van der Waals surface area contributed by atoms with E-state index in [1.807, 2.05) is 42.7 Å². The van der Waals surface area contributed by atoms with Crippen molar-refractivity contribution in [3.63, 3.8) is 0 Å². The molecule has 7 nitrogen and oxygen atoms in total. The zero-order valence-corrected chi connectivity index (χ0v) is 18.7. The molecule has 5 aromatic rings. The number of para-hydroxylation sites is 1. The maximum Gasteiger partial charge on any atom is 0.247 e. The summed E-state index contributed by atoms with van der Waals surface area (Å²) < 4.78 is 3.95. The molecule has 2 aromatic carbocycles. The highest BCUT2D eigenvalue weighted by Gasteiger charge is 2.10. The Labute approximate surface area is 190 Å². The van der Waals surface area contributed by atoms with Crippen molar-refractivity contribution in [3.8, 4) is 0 Å². The van der Waals surface area contributed by atoms with E-state index in [2.05, 4.69) is 68.7 Å². The van der Waals surface area contributed by atoms with E-state index in [1.54, 1.807) is 22.7 Å². The standard InChI is InChI=1S/C24H23N7S/c1-30(32-2)22-8-4-3-6-19(22)16-26-21-7-5-13-31-23(21)28-24(29-31)27-20-10-9-18-15-25-12-11-17(18)14-20/h3-15,26H,16H2,1-2H3,(H,27,29). The first-order valence-corrected chi connectivity index (χ1v) is 11.5. The fourth-order valence-corrected chi connectivity index (χ4v) is 4.02. The van der Waals surface area contributed by atoms with Gasteiger partial charge in [0.15, 0.2) is 5.65 Å². The van der Waals surface area contributed by atoms with Crippen LogP contribution in [0.3, 0.4) is 0 Å². The number of rotatable bonds is 7. The molecule has 0 unspecified atom stereocenters. The van der Waals surface area contributed by atoms with Gasteiger partial charge in [-0.2, -0.15) is 4.98 Å². The lowest BCUT2D eigenvalue weighted by Gasteiger charge is -2.19. The summed E-state index contributed by atoms with van der Waals surface area (Å²) in [6.45, 7) is 0.690. The molecular weight excluding hydrogens is 418 g/mol. The van der Waals surface area contributed by atoms with E-state index in [0.717, 1.165) is 27.8 Å². The van der Waals surface area contributed by atoms with Crippen molar-refractivity contribution in [1.29, 1.82) is 0 Å². The fourth-order valence-electron chi connectivity index (χ4n) is 3.64. The molecule has 0 fully saturated rings. The minimum atomic E-state index is 0.551. The molecule has 2 N–H and O–H groups in total. The first-order valence-electron chi connectivity index (χ1n) is 10.3. The summed E-state index contributed by atoms with van der Waals surface area (Å²) in [5.74, 6) is 0.551. The van der Waals surface area contributed by atoms with E-state index in [9.17, 15) is 0 Å². The van der Waals surface area contributed by atoms with E-state index in [1.165, 1.54) is 11.3 Å². The number of pyridine rings is 2. The van der Waals surface area contributed by atoms with Gasteiger partial charge in [0.05, 0.1) is 11.4 Å². The van der Waals surface area contributed by atoms with Gasteiger partial charge in [0.2, 0.25) is 5.95 Å². The second-order valence-corrected chi connectivity index (χ2v) is 8.26. The van der Waals surface area contributed by atoms with Crippen LogP contribution in [0.25, 0.3) is 16.4 Å². The Morgan fingerprint density at radius 1 is 1.03 bits per heavy atom. The molecule has 0 saturated heterocycles. The molecule has 3 aromatic heterocycles. The summed E-state index contributed by atoms with van der Waals surface area (Å²) in [5, 5.41) is 13.7. The van der Waals surface area contributed by atoms with Crippen molar-refractivity contribution in [3.05, 3.63) is 84.8 Å². The number of hydrogen-bond donors (Lipinski definition) is 2. The zero-order chi connectivity index (χ0) is 21.9. The molecule has 8 heteroatoms. The van der Waals surface area contributed by atoms with E-state index in [4.69, 9.17) is 4.98 Å². The van der Waals surface area contributed by atoms with Crippen LogP contribution in [0.1, 0.15) is 5.56 Å². The topological polar surface area (TPSA) is 70.4 Å². The van der Waals surface area contributed by atoms with Gasteiger partial charge in [-0.25, -0.2) is 4.52 Å². The Bertz CT molecular complexity index is 1380. The summed E-state index contributed by atoms with van der Waals surface area (Å²) in [7, 11) is 2.07. The summed E-state index contributed by atoms with van der Waals surface area (Å²) >= 11 is 1.69. The number of benzene rings is 2. The minimum Gasteiger partial charge on any atom is -0.378 e. The normalized spacial score (nSPS) is 11.1. The van der Waals surface area contributed by atoms with Gasteiger partial charge in [-0.3, -0.25) is 4.98 Å². The van der Waals surface area contributed by atoms with E-state index < -0.39 is 0 Å². The van der Waals surface area contributed by atoms with Gasteiger partial charge in [-0.05, 0) is 47.3 Å². The van der Waals surface area contributed by atoms with E-state index >= 15 is 0 Å². The Kier molecular flexibility index (Phi) is 5.51. The number of aromatic nitrogens is 4. The summed E-state index contributed by atoms with van der Waals surface area (Å²) in [6.07, 6.45) is 7.62. The number of hydrogen-bond acceptors (Lipinski definition) is 7. The summed E-state index contributed by atoms with van der Waals surface area (Å²) in [4.78, 5) is 8.89. The van der Waals surface area contributed by atoms with Crippen molar-refractivity contribution < 1.29 is 0 Å². The quantitative estimate of drug-likeness (QED) is 0.330. The molecular formula is C24H23N7S. The molecule has 32 heavy (non-hydrogen) atoms. The Balaban J connectivity index is 1.39. The number of nitrogens with zero attached hydrogens (tertiary/aromatic N) is 5. The highest BCUT2D eigenvalue weighted by atomic mass is 32.2. The molecule has 0 radical (unpaired) electrons. The monoisotopic (exact) mass is 441 g/mol. The molecule has 0 aliphatic carbocycles. The van der Waals surface area contributed by atoms with E-state index in [-0.39, 0.29) is 0 Å². The highest BCUT2D eigenvalue weighted by molar-refractivity contribution is 7.99. The lowest BCUT2D eigenvalue weighted by molar-refractivity contribution is 0.963. The lowest BCUT2D eigenvalue weighted by Crippen LogP contribution is -2.10. The van der Waals surface area contributed by atoms with Crippen LogP contribution in [-0.2, 0) is 6.54 Å². The molecule has 5 rings (SSSR count). The van der Waals surface area contributed by atoms with Gasteiger partial charge >= 0.3 is 0 Å². The number of anilines is 4. The van der Waals surface area contributed by atoms with Crippen molar-refractivity contribution in [2.24, 2.45) is 0 Å². The third-order valence-electron chi connectivity index (χ3n) is 5.33. The van der Waals surface area contributed by atoms with Crippen LogP contribution in [0.5, 0.6) is 0 Å². The van der Waals surface area contributed by atoms with Gasteiger partial charge < -0.3 is 14.9 Å². The van der Waals surface area contributed by atoms with E-state index in [0.29, 0.717) is 12.5 Å². The molecule has 0 bridgehead atoms. The van der Waals surface area contributed by atoms with Crippen LogP contribution < -0.4 is 14.9 Å². The number of nitrogens with one attached hydrogen (secondary N) is 2.